The number of rotatable bonds is 7. The molecule has 0 bridgehead atoms. The monoisotopic (exact) mass is 658 g/mol. The minimum Gasteiger partial charge on any atom is -0.478 e. The van der Waals surface area contributed by atoms with Crippen molar-refractivity contribution in [1.82, 2.24) is 10.2 Å². The molecule has 0 spiro atoms. The van der Waals surface area contributed by atoms with Crippen LogP contribution in [0.15, 0.2) is 36.4 Å². The molecule has 6 heteroatoms. The highest BCUT2D eigenvalue weighted by atomic mass is 19.1. The number of hydrogen-bond donors (Lipinski definition) is 2. The van der Waals surface area contributed by atoms with Gasteiger partial charge in [0, 0.05) is 31.6 Å². The number of halogens is 1. The minimum absolute atomic E-state index is 0.136. The van der Waals surface area contributed by atoms with Gasteiger partial charge in [-0.3, -0.25) is 4.79 Å². The van der Waals surface area contributed by atoms with Crippen LogP contribution < -0.4 is 5.32 Å². The number of nitrogens with one attached hydrogen (secondary N) is 1. The first kappa shape index (κ1) is 34.0. The van der Waals surface area contributed by atoms with Crippen molar-refractivity contribution >= 4 is 17.4 Å². The molecule has 1 amide bonds. The molecule has 5 nitrogen and oxygen atoms in total. The summed E-state index contributed by atoms with van der Waals surface area (Å²) >= 11 is 0. The quantitative estimate of drug-likeness (QED) is 0.287. The lowest BCUT2D eigenvalue weighted by Gasteiger charge is -2.72. The van der Waals surface area contributed by atoms with Gasteiger partial charge in [0.1, 0.15) is 5.82 Å². The smallest absolute Gasteiger partial charge is 0.338 e. The number of aromatic carboxylic acids is 1. The Labute approximate surface area is 288 Å². The third-order valence-electron chi connectivity index (χ3n) is 16.2. The van der Waals surface area contributed by atoms with Crippen LogP contribution >= 0.6 is 0 Å². The largest absolute Gasteiger partial charge is 0.478 e. The average molecular weight is 659 g/mol. The van der Waals surface area contributed by atoms with E-state index in [9.17, 15) is 19.1 Å². The van der Waals surface area contributed by atoms with Gasteiger partial charge in [0.2, 0.25) is 5.91 Å². The van der Waals surface area contributed by atoms with E-state index >= 15 is 0 Å². The van der Waals surface area contributed by atoms with Gasteiger partial charge in [0.15, 0.2) is 0 Å². The zero-order chi connectivity index (χ0) is 34.4. The molecule has 1 aliphatic heterocycles. The third kappa shape index (κ3) is 4.77. The lowest BCUT2D eigenvalue weighted by Crippen LogP contribution is -2.68. The minimum atomic E-state index is -1.22. The summed E-state index contributed by atoms with van der Waals surface area (Å²) in [6, 6.07) is 4.69. The number of carbonyl (C=O) groups excluding carboxylic acids is 1. The molecule has 1 heterocycles. The number of carbonyl (C=O) groups is 2. The molecular weight excluding hydrogens is 599 g/mol. The molecule has 9 unspecified atom stereocenters. The predicted octanol–water partition coefficient (Wildman–Crippen LogP) is 9.14. The van der Waals surface area contributed by atoms with Crippen LogP contribution in [0.5, 0.6) is 0 Å². The first-order valence-corrected chi connectivity index (χ1v) is 19.0. The zero-order valence-corrected chi connectivity index (χ0v) is 30.4. The summed E-state index contributed by atoms with van der Waals surface area (Å²) in [6.07, 6.45) is 14.9. The van der Waals surface area contributed by atoms with Gasteiger partial charge in [-0.2, -0.15) is 0 Å². The molecule has 1 aromatic carbocycles. The fourth-order valence-electron chi connectivity index (χ4n) is 13.8. The SMILES string of the molecule is C=C(C)C1CCC2(NCCN3CCCC3=O)CCC3(C)C(CCC4C5(C)CC=C(c6ccc(C(=O)O)c(F)c6)C(C)(C)C5CCC43C)C12. The Morgan fingerprint density at radius 1 is 1.02 bits per heavy atom. The molecule has 48 heavy (non-hydrogen) atoms. The summed E-state index contributed by atoms with van der Waals surface area (Å²) in [4.78, 5) is 26.0. The number of amides is 1. The standard InChI is InChI=1S/C42H59FN2O3/c1-26(2)28-14-19-42(44-22-24-45-23-8-9-35(45)46)21-20-40(6)31(36(28)42)12-13-34-39(5)17-15-30(27-10-11-29(37(47)48)32(43)25-27)38(3,4)33(39)16-18-41(34,40)7/h10-11,15,25,28,31,33-34,36,44H,1,8-9,12-14,16-24H2,2-7H3,(H,47,48). The number of likely N-dealkylation sites (tertiary alicyclic amines) is 1. The van der Waals surface area contributed by atoms with Crippen LogP contribution in [0, 0.1) is 57.1 Å². The maximum atomic E-state index is 14.9. The van der Waals surface area contributed by atoms with E-state index in [1.165, 1.54) is 68.2 Å². The van der Waals surface area contributed by atoms with Crippen LogP contribution in [0.4, 0.5) is 4.39 Å². The number of carboxylic acid groups (broad SMARTS) is 1. The van der Waals surface area contributed by atoms with Crippen molar-refractivity contribution < 1.29 is 19.1 Å². The topological polar surface area (TPSA) is 69.6 Å². The second-order valence-corrected chi connectivity index (χ2v) is 18.3. The first-order valence-electron chi connectivity index (χ1n) is 19.0. The van der Waals surface area contributed by atoms with Crippen molar-refractivity contribution in [2.45, 2.75) is 118 Å². The molecular formula is C42H59FN2O3. The van der Waals surface area contributed by atoms with E-state index in [0.29, 0.717) is 41.9 Å². The average Bonchev–Trinajstić information content (AvgIpc) is 3.60. The lowest BCUT2D eigenvalue weighted by atomic mass is 9.33. The molecule has 262 valence electrons. The molecule has 0 radical (unpaired) electrons. The van der Waals surface area contributed by atoms with Gasteiger partial charge in [0.25, 0.3) is 0 Å². The van der Waals surface area contributed by atoms with E-state index < -0.39 is 11.8 Å². The first-order chi connectivity index (χ1) is 22.6. The van der Waals surface area contributed by atoms with Gasteiger partial charge >= 0.3 is 5.97 Å². The van der Waals surface area contributed by atoms with Gasteiger partial charge in [-0.05, 0) is 146 Å². The van der Waals surface area contributed by atoms with Crippen molar-refractivity contribution in [3.63, 3.8) is 0 Å². The number of hydrogen-bond acceptors (Lipinski definition) is 3. The Balaban J connectivity index is 1.18. The summed E-state index contributed by atoms with van der Waals surface area (Å²) in [5, 5.41) is 13.6. The molecule has 5 fully saturated rings. The van der Waals surface area contributed by atoms with Gasteiger partial charge in [0.05, 0.1) is 5.56 Å². The van der Waals surface area contributed by atoms with Crippen LogP contribution in [0.1, 0.15) is 128 Å². The zero-order valence-electron chi connectivity index (χ0n) is 30.4. The summed E-state index contributed by atoms with van der Waals surface area (Å²) in [7, 11) is 0. The van der Waals surface area contributed by atoms with Crippen molar-refractivity contribution in [3.8, 4) is 0 Å². The van der Waals surface area contributed by atoms with Crippen LogP contribution in [0.25, 0.3) is 5.57 Å². The van der Waals surface area contributed by atoms with Crippen molar-refractivity contribution in [2.24, 2.45) is 51.2 Å². The summed E-state index contributed by atoms with van der Waals surface area (Å²) in [5.41, 5.74) is 3.69. The number of nitrogens with zero attached hydrogens (tertiary/aromatic N) is 1. The highest BCUT2D eigenvalue weighted by Crippen LogP contribution is 2.76. The molecule has 1 aromatic rings. The molecule has 0 aromatic heterocycles. The Bertz CT molecular complexity index is 1550. The highest BCUT2D eigenvalue weighted by Gasteiger charge is 2.70. The Morgan fingerprint density at radius 3 is 2.46 bits per heavy atom. The van der Waals surface area contributed by atoms with E-state index in [1.807, 2.05) is 6.07 Å². The van der Waals surface area contributed by atoms with Crippen LogP contribution in [-0.4, -0.2) is 47.1 Å². The molecule has 7 rings (SSSR count). The van der Waals surface area contributed by atoms with Crippen LogP contribution in [0.3, 0.4) is 0 Å². The van der Waals surface area contributed by atoms with E-state index in [2.05, 4.69) is 64.4 Å². The number of carboxylic acids is 1. The van der Waals surface area contributed by atoms with E-state index in [0.717, 1.165) is 44.5 Å². The normalized spacial score (nSPS) is 41.6. The van der Waals surface area contributed by atoms with Gasteiger partial charge in [-0.1, -0.05) is 58.9 Å². The van der Waals surface area contributed by atoms with Gasteiger partial charge < -0.3 is 15.3 Å². The number of fused-ring (bicyclic) bond motifs is 7. The molecule has 9 atom stereocenters. The molecule has 4 saturated carbocycles. The second-order valence-electron chi connectivity index (χ2n) is 18.3. The number of allylic oxidation sites excluding steroid dienone is 3. The Morgan fingerprint density at radius 2 is 1.79 bits per heavy atom. The van der Waals surface area contributed by atoms with Crippen molar-refractivity contribution in [2.75, 3.05) is 19.6 Å². The van der Waals surface area contributed by atoms with Gasteiger partial charge in [-0.25, -0.2) is 9.18 Å². The van der Waals surface area contributed by atoms with E-state index in [4.69, 9.17) is 0 Å². The maximum Gasteiger partial charge on any atom is 0.338 e. The maximum absolute atomic E-state index is 14.9. The van der Waals surface area contributed by atoms with E-state index in [1.54, 1.807) is 0 Å². The second kappa shape index (κ2) is 11.5. The predicted molar refractivity (Wildman–Crippen MR) is 190 cm³/mol. The number of benzene rings is 1. The summed E-state index contributed by atoms with van der Waals surface area (Å²) < 4.78 is 14.9. The highest BCUT2D eigenvalue weighted by molar-refractivity contribution is 5.88. The van der Waals surface area contributed by atoms with Gasteiger partial charge in [-0.15, -0.1) is 0 Å². The Hall–Kier alpha value is -2.47. The lowest BCUT2D eigenvalue weighted by molar-refractivity contribution is -0.219. The molecule has 5 aliphatic carbocycles. The van der Waals surface area contributed by atoms with Crippen LogP contribution in [-0.2, 0) is 4.79 Å². The third-order valence-corrected chi connectivity index (χ3v) is 16.2. The summed E-state index contributed by atoms with van der Waals surface area (Å²) in [6.45, 7) is 22.1. The van der Waals surface area contributed by atoms with Crippen LogP contribution in [0.2, 0.25) is 0 Å². The van der Waals surface area contributed by atoms with Crippen molar-refractivity contribution in [1.29, 1.82) is 0 Å². The molecule has 1 saturated heterocycles. The molecule has 2 N–H and O–H groups in total. The molecule has 6 aliphatic rings. The fourth-order valence-corrected chi connectivity index (χ4v) is 13.8. The summed E-state index contributed by atoms with van der Waals surface area (Å²) in [5.74, 6) is 1.31. The van der Waals surface area contributed by atoms with E-state index in [-0.39, 0.29) is 32.8 Å². The fraction of sp³-hybridized carbons (Fsp3) is 0.714. The van der Waals surface area contributed by atoms with Crippen molar-refractivity contribution in [3.05, 3.63) is 53.4 Å². The Kier molecular flexibility index (Phi) is 8.17.